The average molecular weight is 190 g/mol. The fourth-order valence-electron chi connectivity index (χ4n) is 1.38. The first-order chi connectivity index (χ1) is 6.61. The molecule has 0 saturated heterocycles. The zero-order valence-corrected chi connectivity index (χ0v) is 8.51. The second-order valence-electron chi connectivity index (χ2n) is 3.56. The molecule has 14 heavy (non-hydrogen) atoms. The molecule has 0 unspecified atom stereocenters. The van der Waals surface area contributed by atoms with Gasteiger partial charge in [0.1, 0.15) is 0 Å². The molecule has 1 aromatic carbocycles. The number of rotatable bonds is 3. The molecule has 0 bridgehead atoms. The Hall–Kier alpha value is -1.06. The van der Waals surface area contributed by atoms with Crippen LogP contribution in [0, 0.1) is 0 Å². The maximum atomic E-state index is 8.71. The molecule has 2 nitrogen and oxygen atoms in total. The molecule has 2 N–H and O–H groups in total. The molecule has 0 aliphatic rings. The molecule has 0 saturated carbocycles. The van der Waals surface area contributed by atoms with Crippen LogP contribution in [0.4, 0.5) is 0 Å². The fraction of sp³-hybridized carbons (Fsp3) is 0.273. The lowest BCUT2D eigenvalue weighted by molar-refractivity contribution is 0.424. The highest BCUT2D eigenvalue weighted by Gasteiger charge is 2.04. The van der Waals surface area contributed by atoms with Gasteiger partial charge in [-0.15, -0.1) is 0 Å². The van der Waals surface area contributed by atoms with E-state index in [0.717, 1.165) is 5.56 Å². The fourth-order valence-corrected chi connectivity index (χ4v) is 1.38. The van der Waals surface area contributed by atoms with Crippen LogP contribution < -0.4 is 0 Å². The van der Waals surface area contributed by atoms with E-state index in [1.807, 2.05) is 24.3 Å². The van der Waals surface area contributed by atoms with Gasteiger partial charge in [0, 0.05) is 0 Å². The predicted octanol–water partition coefficient (Wildman–Crippen LogP) is 1.84. The summed E-state index contributed by atoms with van der Waals surface area (Å²) in [5.41, 5.74) is 2.25. The lowest BCUT2D eigenvalue weighted by Crippen LogP contribution is -2.05. The first-order valence-electron chi connectivity index (χ1n) is 4.74. The highest BCUT2D eigenvalue weighted by atomic mass is 16.4. The number of benzene rings is 1. The zero-order valence-electron chi connectivity index (χ0n) is 8.51. The van der Waals surface area contributed by atoms with E-state index < -0.39 is 7.12 Å². The summed E-state index contributed by atoms with van der Waals surface area (Å²) >= 11 is 0. The Morgan fingerprint density at radius 1 is 1.21 bits per heavy atom. The van der Waals surface area contributed by atoms with Crippen molar-refractivity contribution in [3.05, 3.63) is 41.4 Å². The molecule has 0 aliphatic heterocycles. The summed E-state index contributed by atoms with van der Waals surface area (Å²) < 4.78 is 0. The smallest absolute Gasteiger partial charge is 0.424 e. The molecule has 74 valence electrons. The summed E-state index contributed by atoms with van der Waals surface area (Å²) in [5, 5.41) is 17.4. The monoisotopic (exact) mass is 190 g/mol. The summed E-state index contributed by atoms with van der Waals surface area (Å²) in [6, 6.07) is 7.94. The Morgan fingerprint density at radius 3 is 2.43 bits per heavy atom. The minimum atomic E-state index is -1.38. The molecule has 1 aromatic rings. The maximum Gasteiger partial charge on any atom is 0.480 e. The van der Waals surface area contributed by atoms with Crippen molar-refractivity contribution in [3.8, 4) is 0 Å². The summed E-state index contributed by atoms with van der Waals surface area (Å²) in [5.74, 6) is 1.80. The lowest BCUT2D eigenvalue weighted by Gasteiger charge is -2.08. The predicted molar refractivity (Wildman–Crippen MR) is 59.8 cm³/mol. The van der Waals surface area contributed by atoms with Gasteiger partial charge in [-0.25, -0.2) is 0 Å². The summed E-state index contributed by atoms with van der Waals surface area (Å²) in [6.07, 6.45) is 1.74. The Labute approximate surface area is 85.0 Å². The van der Waals surface area contributed by atoms with Crippen LogP contribution in [0.1, 0.15) is 30.9 Å². The van der Waals surface area contributed by atoms with Crippen molar-refractivity contribution in [2.75, 3.05) is 0 Å². The van der Waals surface area contributed by atoms with Gasteiger partial charge in [0.25, 0.3) is 0 Å². The van der Waals surface area contributed by atoms with Crippen molar-refractivity contribution in [1.82, 2.24) is 0 Å². The molecule has 0 spiro atoms. The average Bonchev–Trinajstić information content (AvgIpc) is 2.15. The van der Waals surface area contributed by atoms with Crippen LogP contribution in [-0.4, -0.2) is 17.2 Å². The van der Waals surface area contributed by atoms with E-state index >= 15 is 0 Å². The van der Waals surface area contributed by atoms with E-state index in [9.17, 15) is 0 Å². The SMILES string of the molecule is CC(C)c1ccccc1/C=C/B(O)O. The van der Waals surface area contributed by atoms with E-state index in [1.165, 1.54) is 11.5 Å². The lowest BCUT2D eigenvalue weighted by atomic mass is 9.88. The van der Waals surface area contributed by atoms with E-state index in [1.54, 1.807) is 6.08 Å². The molecular weight excluding hydrogens is 175 g/mol. The summed E-state index contributed by atoms with van der Waals surface area (Å²) in [7, 11) is -1.38. The minimum Gasteiger partial charge on any atom is -0.424 e. The largest absolute Gasteiger partial charge is 0.480 e. The number of hydrogen-bond acceptors (Lipinski definition) is 2. The van der Waals surface area contributed by atoms with Gasteiger partial charge in [-0.05, 0) is 17.0 Å². The zero-order chi connectivity index (χ0) is 10.6. The quantitative estimate of drug-likeness (QED) is 0.713. The van der Waals surface area contributed by atoms with Gasteiger partial charge in [-0.2, -0.15) is 0 Å². The molecular formula is C11H15BO2. The van der Waals surface area contributed by atoms with Crippen molar-refractivity contribution in [2.45, 2.75) is 19.8 Å². The topological polar surface area (TPSA) is 40.5 Å². The van der Waals surface area contributed by atoms with Gasteiger partial charge >= 0.3 is 7.12 Å². The van der Waals surface area contributed by atoms with Gasteiger partial charge in [0.2, 0.25) is 0 Å². The van der Waals surface area contributed by atoms with Crippen molar-refractivity contribution in [2.24, 2.45) is 0 Å². The molecule has 0 radical (unpaired) electrons. The van der Waals surface area contributed by atoms with Crippen molar-refractivity contribution in [3.63, 3.8) is 0 Å². The first-order valence-corrected chi connectivity index (χ1v) is 4.74. The molecule has 0 heterocycles. The standard InChI is InChI=1S/C11H15BO2/c1-9(2)11-6-4-3-5-10(11)7-8-12(13)14/h3-9,13-14H,1-2H3/b8-7+. The molecule has 0 fully saturated rings. The maximum absolute atomic E-state index is 8.71. The highest BCUT2D eigenvalue weighted by Crippen LogP contribution is 2.20. The van der Waals surface area contributed by atoms with Crippen LogP contribution in [0.15, 0.2) is 30.2 Å². The third-order valence-corrected chi connectivity index (χ3v) is 2.07. The van der Waals surface area contributed by atoms with E-state index in [-0.39, 0.29) is 0 Å². The Bertz CT molecular complexity index is 319. The van der Waals surface area contributed by atoms with E-state index in [4.69, 9.17) is 10.0 Å². The van der Waals surface area contributed by atoms with Crippen molar-refractivity contribution in [1.29, 1.82) is 0 Å². The second kappa shape index (κ2) is 4.98. The van der Waals surface area contributed by atoms with Gasteiger partial charge < -0.3 is 10.0 Å². The summed E-state index contributed by atoms with van der Waals surface area (Å²) in [4.78, 5) is 0. The van der Waals surface area contributed by atoms with Crippen LogP contribution in [0.25, 0.3) is 6.08 Å². The molecule has 0 aliphatic carbocycles. The van der Waals surface area contributed by atoms with Crippen LogP contribution in [-0.2, 0) is 0 Å². The van der Waals surface area contributed by atoms with Gasteiger partial charge in [-0.1, -0.05) is 50.2 Å². The van der Waals surface area contributed by atoms with E-state index in [2.05, 4.69) is 13.8 Å². The molecule has 1 rings (SSSR count). The molecule has 0 amide bonds. The second-order valence-corrected chi connectivity index (χ2v) is 3.56. The van der Waals surface area contributed by atoms with Gasteiger partial charge in [0.05, 0.1) is 0 Å². The third kappa shape index (κ3) is 3.02. The summed E-state index contributed by atoms with van der Waals surface area (Å²) in [6.45, 7) is 4.23. The van der Waals surface area contributed by atoms with Crippen LogP contribution in [0.5, 0.6) is 0 Å². The van der Waals surface area contributed by atoms with Gasteiger partial charge in [0.15, 0.2) is 0 Å². The molecule has 0 aromatic heterocycles. The normalized spacial score (nSPS) is 11.2. The third-order valence-electron chi connectivity index (χ3n) is 2.07. The van der Waals surface area contributed by atoms with Crippen LogP contribution in [0.2, 0.25) is 0 Å². The Morgan fingerprint density at radius 2 is 1.86 bits per heavy atom. The van der Waals surface area contributed by atoms with Crippen LogP contribution in [0.3, 0.4) is 0 Å². The van der Waals surface area contributed by atoms with Crippen LogP contribution >= 0.6 is 0 Å². The first kappa shape index (κ1) is 11.0. The Balaban J connectivity index is 2.96. The molecule has 0 atom stereocenters. The highest BCUT2D eigenvalue weighted by molar-refractivity contribution is 6.48. The minimum absolute atomic E-state index is 0.437. The van der Waals surface area contributed by atoms with Crippen molar-refractivity contribution < 1.29 is 10.0 Å². The number of hydrogen-bond donors (Lipinski definition) is 2. The Kier molecular flexibility index (Phi) is 3.92. The van der Waals surface area contributed by atoms with Crippen molar-refractivity contribution >= 4 is 13.2 Å². The van der Waals surface area contributed by atoms with E-state index in [0.29, 0.717) is 5.92 Å². The molecule has 3 heteroatoms. The van der Waals surface area contributed by atoms with Gasteiger partial charge in [-0.3, -0.25) is 0 Å².